The van der Waals surface area contributed by atoms with E-state index in [1.165, 1.54) is 6.42 Å². The maximum absolute atomic E-state index is 5.33. The van der Waals surface area contributed by atoms with Crippen LogP contribution >= 0.6 is 12.4 Å². The Hall–Kier alpha value is 0.170. The van der Waals surface area contributed by atoms with Crippen molar-refractivity contribution >= 4 is 12.4 Å². The fraction of sp³-hybridized carbons (Fsp3) is 1.00. The van der Waals surface area contributed by atoms with Gasteiger partial charge >= 0.3 is 0 Å². The average molecular weight is 193 g/mol. The van der Waals surface area contributed by atoms with Crippen molar-refractivity contribution in [1.29, 1.82) is 0 Å². The molecule has 12 heavy (non-hydrogen) atoms. The molecular weight excluding hydrogens is 176 g/mol. The molecule has 2 heterocycles. The summed E-state index contributed by atoms with van der Waals surface area (Å²) < 4.78 is 5.33. The Morgan fingerprint density at radius 2 is 2.08 bits per heavy atom. The lowest BCUT2D eigenvalue weighted by Crippen LogP contribution is -2.58. The zero-order valence-corrected chi connectivity index (χ0v) is 8.27. The Labute approximate surface area is 79.9 Å². The SMILES string of the molecule is CN(C1CNC1)C1CCOC1.Cl. The summed E-state index contributed by atoms with van der Waals surface area (Å²) in [4.78, 5) is 2.46. The molecule has 2 saturated heterocycles. The lowest BCUT2D eigenvalue weighted by atomic mass is 10.1. The summed E-state index contributed by atoms with van der Waals surface area (Å²) in [5, 5.41) is 3.28. The number of rotatable bonds is 2. The Bertz CT molecular complexity index is 135. The van der Waals surface area contributed by atoms with E-state index in [0.717, 1.165) is 32.3 Å². The summed E-state index contributed by atoms with van der Waals surface area (Å²) in [6.07, 6.45) is 1.22. The molecule has 2 aliphatic heterocycles. The Morgan fingerprint density at radius 3 is 2.50 bits per heavy atom. The third-order valence-corrected chi connectivity index (χ3v) is 2.82. The largest absolute Gasteiger partial charge is 0.380 e. The minimum atomic E-state index is 0. The molecule has 72 valence electrons. The molecule has 2 fully saturated rings. The van der Waals surface area contributed by atoms with Crippen LogP contribution in [0.25, 0.3) is 0 Å². The first kappa shape index (κ1) is 10.3. The maximum atomic E-state index is 5.33. The van der Waals surface area contributed by atoms with Gasteiger partial charge < -0.3 is 10.1 Å². The number of hydrogen-bond donors (Lipinski definition) is 1. The Kier molecular flexibility index (Phi) is 3.77. The summed E-state index contributed by atoms with van der Waals surface area (Å²) in [5.41, 5.74) is 0. The molecule has 1 unspecified atom stereocenters. The fourth-order valence-electron chi connectivity index (χ4n) is 1.70. The van der Waals surface area contributed by atoms with Crippen LogP contribution in [0.4, 0.5) is 0 Å². The molecule has 3 nitrogen and oxygen atoms in total. The van der Waals surface area contributed by atoms with Crippen molar-refractivity contribution in [3.63, 3.8) is 0 Å². The van der Waals surface area contributed by atoms with Crippen LogP contribution in [0.5, 0.6) is 0 Å². The first-order valence-electron chi connectivity index (χ1n) is 4.38. The highest BCUT2D eigenvalue weighted by atomic mass is 35.5. The van der Waals surface area contributed by atoms with Crippen LogP contribution in [0.15, 0.2) is 0 Å². The number of ether oxygens (including phenoxy) is 1. The van der Waals surface area contributed by atoms with E-state index >= 15 is 0 Å². The monoisotopic (exact) mass is 192 g/mol. The highest BCUT2D eigenvalue weighted by Crippen LogP contribution is 2.14. The molecule has 0 bridgehead atoms. The van der Waals surface area contributed by atoms with Crippen LogP contribution in [0.2, 0.25) is 0 Å². The minimum Gasteiger partial charge on any atom is -0.380 e. The molecule has 0 spiro atoms. The van der Waals surface area contributed by atoms with Gasteiger partial charge in [-0.1, -0.05) is 0 Å². The van der Waals surface area contributed by atoms with Crippen molar-refractivity contribution in [3.8, 4) is 0 Å². The van der Waals surface area contributed by atoms with E-state index in [-0.39, 0.29) is 12.4 Å². The second-order valence-electron chi connectivity index (χ2n) is 3.49. The lowest BCUT2D eigenvalue weighted by Gasteiger charge is -2.38. The quantitative estimate of drug-likeness (QED) is 0.672. The molecule has 4 heteroatoms. The molecule has 1 N–H and O–H groups in total. The van der Waals surface area contributed by atoms with Gasteiger partial charge in [-0.15, -0.1) is 12.4 Å². The van der Waals surface area contributed by atoms with E-state index in [1.807, 2.05) is 0 Å². The van der Waals surface area contributed by atoms with Gasteiger partial charge in [-0.25, -0.2) is 0 Å². The van der Waals surface area contributed by atoms with Crippen molar-refractivity contribution < 1.29 is 4.74 Å². The summed E-state index contributed by atoms with van der Waals surface area (Å²) >= 11 is 0. The van der Waals surface area contributed by atoms with Gasteiger partial charge in [-0.2, -0.15) is 0 Å². The van der Waals surface area contributed by atoms with Crippen molar-refractivity contribution in [2.45, 2.75) is 18.5 Å². The zero-order valence-electron chi connectivity index (χ0n) is 7.45. The lowest BCUT2D eigenvalue weighted by molar-refractivity contribution is 0.106. The van der Waals surface area contributed by atoms with Gasteiger partial charge in [0.15, 0.2) is 0 Å². The molecule has 0 aromatic rings. The van der Waals surface area contributed by atoms with Crippen molar-refractivity contribution in [3.05, 3.63) is 0 Å². The molecule has 2 aliphatic rings. The zero-order chi connectivity index (χ0) is 7.68. The summed E-state index contributed by atoms with van der Waals surface area (Å²) in [7, 11) is 2.21. The first-order chi connectivity index (χ1) is 5.38. The maximum Gasteiger partial charge on any atom is 0.0622 e. The van der Waals surface area contributed by atoms with Crippen LogP contribution in [-0.2, 0) is 4.74 Å². The molecule has 0 amide bonds. The molecular formula is C8H17ClN2O. The molecule has 0 radical (unpaired) electrons. The van der Waals surface area contributed by atoms with Gasteiger partial charge in [0.2, 0.25) is 0 Å². The van der Waals surface area contributed by atoms with Gasteiger partial charge in [0.1, 0.15) is 0 Å². The predicted octanol–water partition coefficient (Wildman–Crippen LogP) is 0.101. The predicted molar refractivity (Wildman–Crippen MR) is 50.9 cm³/mol. The third-order valence-electron chi connectivity index (χ3n) is 2.82. The van der Waals surface area contributed by atoms with Crippen LogP contribution in [0.1, 0.15) is 6.42 Å². The third kappa shape index (κ3) is 1.91. The minimum absolute atomic E-state index is 0. The highest BCUT2D eigenvalue weighted by molar-refractivity contribution is 5.85. The van der Waals surface area contributed by atoms with Crippen LogP contribution < -0.4 is 5.32 Å². The van der Waals surface area contributed by atoms with Gasteiger partial charge in [-0.05, 0) is 13.5 Å². The normalized spacial score (nSPS) is 30.0. The molecule has 0 aromatic carbocycles. The molecule has 2 rings (SSSR count). The van der Waals surface area contributed by atoms with Crippen LogP contribution in [-0.4, -0.2) is 50.3 Å². The Morgan fingerprint density at radius 1 is 1.33 bits per heavy atom. The van der Waals surface area contributed by atoms with Gasteiger partial charge in [-0.3, -0.25) is 4.90 Å². The van der Waals surface area contributed by atoms with E-state index in [0.29, 0.717) is 6.04 Å². The Balaban J connectivity index is 0.000000720. The topological polar surface area (TPSA) is 24.5 Å². The summed E-state index contributed by atoms with van der Waals surface area (Å²) in [6, 6.07) is 1.45. The standard InChI is InChI=1S/C8H16N2O.ClH/c1-10(8-4-9-5-8)7-2-3-11-6-7;/h7-9H,2-6H2,1H3;1H. The van der Waals surface area contributed by atoms with E-state index in [2.05, 4.69) is 17.3 Å². The van der Waals surface area contributed by atoms with Crippen molar-refractivity contribution in [2.75, 3.05) is 33.4 Å². The number of nitrogens with zero attached hydrogens (tertiary/aromatic N) is 1. The van der Waals surface area contributed by atoms with Gasteiger partial charge in [0, 0.05) is 31.8 Å². The second kappa shape index (κ2) is 4.42. The molecule has 0 saturated carbocycles. The van der Waals surface area contributed by atoms with E-state index < -0.39 is 0 Å². The number of halogens is 1. The van der Waals surface area contributed by atoms with E-state index in [4.69, 9.17) is 4.74 Å². The average Bonchev–Trinajstić information content (AvgIpc) is 2.32. The smallest absolute Gasteiger partial charge is 0.0622 e. The van der Waals surface area contributed by atoms with Crippen LogP contribution in [0.3, 0.4) is 0 Å². The number of nitrogens with one attached hydrogen (secondary N) is 1. The molecule has 0 aliphatic carbocycles. The first-order valence-corrected chi connectivity index (χ1v) is 4.38. The summed E-state index contributed by atoms with van der Waals surface area (Å²) in [5.74, 6) is 0. The van der Waals surface area contributed by atoms with Crippen molar-refractivity contribution in [1.82, 2.24) is 10.2 Å². The van der Waals surface area contributed by atoms with Gasteiger partial charge in [0.25, 0.3) is 0 Å². The second-order valence-corrected chi connectivity index (χ2v) is 3.49. The fourth-order valence-corrected chi connectivity index (χ4v) is 1.70. The van der Waals surface area contributed by atoms with Crippen molar-refractivity contribution in [2.24, 2.45) is 0 Å². The van der Waals surface area contributed by atoms with E-state index in [9.17, 15) is 0 Å². The highest BCUT2D eigenvalue weighted by Gasteiger charge is 2.29. The molecule has 0 aromatic heterocycles. The van der Waals surface area contributed by atoms with E-state index in [1.54, 1.807) is 0 Å². The number of hydrogen-bond acceptors (Lipinski definition) is 3. The molecule has 1 atom stereocenters. The van der Waals surface area contributed by atoms with Crippen LogP contribution in [0, 0.1) is 0 Å². The van der Waals surface area contributed by atoms with Gasteiger partial charge in [0.05, 0.1) is 6.61 Å². The number of likely N-dealkylation sites (N-methyl/N-ethyl adjacent to an activating group) is 1. The summed E-state index contributed by atoms with van der Waals surface area (Å²) in [6.45, 7) is 4.21.